The van der Waals surface area contributed by atoms with Gasteiger partial charge in [0, 0.05) is 67.7 Å². The van der Waals surface area contributed by atoms with Gasteiger partial charge >= 0.3 is 0 Å². The lowest BCUT2D eigenvalue weighted by Crippen LogP contribution is -2.44. The summed E-state index contributed by atoms with van der Waals surface area (Å²) in [5.74, 6) is -0.620. The molecule has 0 spiro atoms. The minimum atomic E-state index is -0.526. The molecule has 10 heteroatoms. The summed E-state index contributed by atoms with van der Waals surface area (Å²) in [7, 11) is 3.82. The molecule has 2 N–H and O–H groups in total. The van der Waals surface area contributed by atoms with Crippen molar-refractivity contribution in [1.29, 1.82) is 0 Å². The lowest BCUT2D eigenvalue weighted by molar-refractivity contribution is 0.0799. The molecule has 0 bridgehead atoms. The van der Waals surface area contributed by atoms with Crippen molar-refractivity contribution in [2.24, 2.45) is 0 Å². The van der Waals surface area contributed by atoms with E-state index in [9.17, 15) is 4.79 Å². The van der Waals surface area contributed by atoms with Crippen molar-refractivity contribution in [3.63, 3.8) is 0 Å². The Kier molecular flexibility index (Phi) is 7.15. The Balaban J connectivity index is 1.45. The van der Waals surface area contributed by atoms with Crippen LogP contribution in [0.25, 0.3) is 10.9 Å². The minimum Gasteiger partial charge on any atom is -0.435 e. The molecular weight excluding hydrogens is 485 g/mol. The van der Waals surface area contributed by atoms with Crippen LogP contribution in [-0.2, 0) is 0 Å². The number of carbonyl (C=O) groups excluding carboxylic acids is 1. The zero-order chi connectivity index (χ0) is 26.8. The SMILES string of the molecule is CCN(C)C(=O)c1c(Nc2ccc(N3CCN(C)CC3)cc2)ncnc1Oc1ccc2[nH]c(C)cc2c1F. The Labute approximate surface area is 221 Å². The molecule has 3 heterocycles. The smallest absolute Gasteiger partial charge is 0.262 e. The summed E-state index contributed by atoms with van der Waals surface area (Å²) in [5.41, 5.74) is 3.53. The van der Waals surface area contributed by atoms with Crippen molar-refractivity contribution in [3.05, 3.63) is 65.9 Å². The number of hydrogen-bond acceptors (Lipinski definition) is 7. The summed E-state index contributed by atoms with van der Waals surface area (Å²) in [6.07, 6.45) is 1.30. The molecule has 1 aliphatic rings. The number of hydrogen-bond donors (Lipinski definition) is 2. The van der Waals surface area contributed by atoms with Gasteiger partial charge in [0.1, 0.15) is 11.9 Å². The van der Waals surface area contributed by atoms with E-state index in [4.69, 9.17) is 4.74 Å². The predicted octanol–water partition coefficient (Wildman–Crippen LogP) is 4.79. The molecule has 4 aromatic rings. The summed E-state index contributed by atoms with van der Waals surface area (Å²) in [6, 6.07) is 13.0. The largest absolute Gasteiger partial charge is 0.435 e. The van der Waals surface area contributed by atoms with Gasteiger partial charge in [-0.15, -0.1) is 0 Å². The first-order valence-corrected chi connectivity index (χ1v) is 12.7. The third kappa shape index (κ3) is 5.12. The topological polar surface area (TPSA) is 89.6 Å². The van der Waals surface area contributed by atoms with Crippen molar-refractivity contribution in [2.45, 2.75) is 13.8 Å². The maximum atomic E-state index is 15.3. The van der Waals surface area contributed by atoms with E-state index in [1.54, 1.807) is 19.2 Å². The van der Waals surface area contributed by atoms with Gasteiger partial charge in [-0.1, -0.05) is 0 Å². The second kappa shape index (κ2) is 10.7. The quantitative estimate of drug-likeness (QED) is 0.365. The molecule has 0 aliphatic carbocycles. The highest BCUT2D eigenvalue weighted by Crippen LogP contribution is 2.34. The number of fused-ring (bicyclic) bond motifs is 1. The number of amides is 1. The number of benzene rings is 2. The number of ether oxygens (including phenoxy) is 1. The number of anilines is 3. The third-order valence-corrected chi connectivity index (χ3v) is 6.89. The van der Waals surface area contributed by atoms with Crippen molar-refractivity contribution < 1.29 is 13.9 Å². The second-order valence-corrected chi connectivity index (χ2v) is 9.58. The Morgan fingerprint density at radius 1 is 1.13 bits per heavy atom. The Morgan fingerprint density at radius 2 is 1.87 bits per heavy atom. The molecule has 1 fully saturated rings. The van der Waals surface area contributed by atoms with Gasteiger partial charge in [0.15, 0.2) is 17.4 Å². The van der Waals surface area contributed by atoms with E-state index < -0.39 is 5.82 Å². The van der Waals surface area contributed by atoms with Crippen LogP contribution in [0.4, 0.5) is 21.6 Å². The van der Waals surface area contributed by atoms with E-state index in [1.165, 1.54) is 17.3 Å². The number of nitrogens with one attached hydrogen (secondary N) is 2. The monoisotopic (exact) mass is 517 g/mol. The number of aromatic amines is 1. The van der Waals surface area contributed by atoms with Gasteiger partial charge in [0.05, 0.1) is 0 Å². The van der Waals surface area contributed by atoms with Crippen LogP contribution in [0.2, 0.25) is 0 Å². The number of piperazine rings is 1. The third-order valence-electron chi connectivity index (χ3n) is 6.89. The summed E-state index contributed by atoms with van der Waals surface area (Å²) in [6.45, 7) is 8.20. The van der Waals surface area contributed by atoms with Gasteiger partial charge in [-0.3, -0.25) is 4.79 Å². The first-order chi connectivity index (χ1) is 18.3. The molecule has 38 heavy (non-hydrogen) atoms. The number of aromatic nitrogens is 3. The normalized spacial score (nSPS) is 14.1. The fourth-order valence-electron chi connectivity index (χ4n) is 4.50. The Morgan fingerprint density at radius 3 is 2.58 bits per heavy atom. The van der Waals surface area contributed by atoms with Crippen LogP contribution in [0.3, 0.4) is 0 Å². The van der Waals surface area contributed by atoms with Gasteiger partial charge in [0.2, 0.25) is 5.88 Å². The molecule has 0 saturated carbocycles. The average Bonchev–Trinajstić information content (AvgIpc) is 3.32. The standard InChI is InChI=1S/C28H32FN7O2/c1-5-35(4)28(37)24-26(33-19-6-8-20(9-7-19)36-14-12-34(3)13-15-36)30-17-31-27(24)38-23-11-10-22-21(25(23)29)16-18(2)32-22/h6-11,16-17,32H,5,12-15H2,1-4H3,(H,30,31,33). The number of rotatable bonds is 7. The van der Waals surface area contributed by atoms with Crippen molar-refractivity contribution in [1.82, 2.24) is 24.8 Å². The summed E-state index contributed by atoms with van der Waals surface area (Å²) in [5, 5.41) is 3.65. The molecule has 5 rings (SSSR count). The number of likely N-dealkylation sites (N-methyl/N-ethyl adjacent to an activating group) is 1. The van der Waals surface area contributed by atoms with E-state index in [2.05, 4.69) is 49.2 Å². The lowest BCUT2D eigenvalue weighted by Gasteiger charge is -2.34. The van der Waals surface area contributed by atoms with E-state index in [0.717, 1.165) is 43.2 Å². The lowest BCUT2D eigenvalue weighted by atomic mass is 10.2. The van der Waals surface area contributed by atoms with E-state index in [0.29, 0.717) is 17.4 Å². The first kappa shape index (κ1) is 25.5. The van der Waals surface area contributed by atoms with Crippen LogP contribution in [0.15, 0.2) is 48.8 Å². The number of halogens is 1. The van der Waals surface area contributed by atoms with E-state index in [-0.39, 0.29) is 28.9 Å². The fourth-order valence-corrected chi connectivity index (χ4v) is 4.50. The Bertz CT molecular complexity index is 1450. The number of aryl methyl sites for hydroxylation is 1. The second-order valence-electron chi connectivity index (χ2n) is 9.58. The van der Waals surface area contributed by atoms with Gasteiger partial charge in [-0.2, -0.15) is 0 Å². The maximum absolute atomic E-state index is 15.3. The molecular formula is C28H32FN7O2. The number of carbonyl (C=O) groups is 1. The average molecular weight is 518 g/mol. The molecule has 1 saturated heterocycles. The molecule has 0 atom stereocenters. The minimum absolute atomic E-state index is 0.0210. The number of nitrogens with zero attached hydrogens (tertiary/aromatic N) is 5. The molecule has 0 unspecified atom stereocenters. The van der Waals surface area contributed by atoms with Crippen LogP contribution in [0, 0.1) is 12.7 Å². The first-order valence-electron chi connectivity index (χ1n) is 12.7. The van der Waals surface area contributed by atoms with Crippen LogP contribution >= 0.6 is 0 Å². The molecule has 198 valence electrons. The highest BCUT2D eigenvalue weighted by Gasteiger charge is 2.25. The zero-order valence-corrected chi connectivity index (χ0v) is 22.1. The fraction of sp³-hybridized carbons (Fsp3) is 0.321. The van der Waals surface area contributed by atoms with Crippen LogP contribution in [-0.4, -0.2) is 77.5 Å². The summed E-state index contributed by atoms with van der Waals surface area (Å²) in [4.78, 5) is 31.3. The van der Waals surface area contributed by atoms with Crippen LogP contribution in [0.1, 0.15) is 23.0 Å². The van der Waals surface area contributed by atoms with Gasteiger partial charge in [0.25, 0.3) is 5.91 Å². The van der Waals surface area contributed by atoms with Gasteiger partial charge in [-0.25, -0.2) is 14.4 Å². The maximum Gasteiger partial charge on any atom is 0.262 e. The summed E-state index contributed by atoms with van der Waals surface area (Å²) >= 11 is 0. The molecule has 1 amide bonds. The zero-order valence-electron chi connectivity index (χ0n) is 22.1. The molecule has 1 aliphatic heterocycles. The van der Waals surface area contributed by atoms with Crippen molar-refractivity contribution in [2.75, 3.05) is 57.0 Å². The number of H-pyrrole nitrogens is 1. The van der Waals surface area contributed by atoms with E-state index in [1.807, 2.05) is 26.0 Å². The van der Waals surface area contributed by atoms with Crippen molar-refractivity contribution in [3.8, 4) is 11.6 Å². The molecule has 2 aromatic heterocycles. The van der Waals surface area contributed by atoms with Gasteiger partial charge in [-0.05, 0) is 63.4 Å². The summed E-state index contributed by atoms with van der Waals surface area (Å²) < 4.78 is 21.2. The highest BCUT2D eigenvalue weighted by atomic mass is 19.1. The van der Waals surface area contributed by atoms with E-state index >= 15 is 4.39 Å². The molecule has 9 nitrogen and oxygen atoms in total. The predicted molar refractivity (Wildman–Crippen MR) is 147 cm³/mol. The Hall–Kier alpha value is -4.18. The van der Waals surface area contributed by atoms with Crippen LogP contribution < -0.4 is 15.0 Å². The molecule has 2 aromatic carbocycles. The van der Waals surface area contributed by atoms with Gasteiger partial charge < -0.3 is 29.7 Å². The van der Waals surface area contributed by atoms with Crippen molar-refractivity contribution >= 4 is 34.0 Å². The highest BCUT2D eigenvalue weighted by molar-refractivity contribution is 6.01. The molecule has 0 radical (unpaired) electrons. The van der Waals surface area contributed by atoms with Crippen LogP contribution in [0.5, 0.6) is 11.6 Å².